The second-order valence-electron chi connectivity index (χ2n) is 4.58. The number of nitrogens with one attached hydrogen (secondary N) is 1. The molecule has 1 rings (SSSR count). The third kappa shape index (κ3) is 3.31. The van der Waals surface area contributed by atoms with Gasteiger partial charge in [-0.3, -0.25) is 0 Å². The molecule has 0 saturated heterocycles. The molecule has 0 aliphatic carbocycles. The van der Waals surface area contributed by atoms with Crippen LogP contribution in [-0.2, 0) is 0 Å². The molecule has 3 atom stereocenters. The lowest BCUT2D eigenvalue weighted by molar-refractivity contribution is 0.356. The van der Waals surface area contributed by atoms with Crippen LogP contribution in [0.2, 0.25) is 0 Å². The highest BCUT2D eigenvalue weighted by atomic mass is 19.1. The molecule has 0 aromatic heterocycles. The van der Waals surface area contributed by atoms with Gasteiger partial charge in [0.25, 0.3) is 0 Å². The number of hydrogen-bond acceptors (Lipinski definition) is 1. The molecular weight excluding hydrogens is 201 g/mol. The Morgan fingerprint density at radius 3 is 2.38 bits per heavy atom. The van der Waals surface area contributed by atoms with Crippen molar-refractivity contribution in [2.45, 2.75) is 46.2 Å². The molecule has 0 heterocycles. The monoisotopic (exact) mass is 223 g/mol. The fraction of sp³-hybridized carbons (Fsp3) is 0.571. The van der Waals surface area contributed by atoms with Gasteiger partial charge in [-0.05, 0) is 25.8 Å². The molecule has 0 radical (unpaired) electrons. The van der Waals surface area contributed by atoms with Crippen molar-refractivity contribution >= 4 is 0 Å². The lowest BCUT2D eigenvalue weighted by Crippen LogP contribution is -2.34. The summed E-state index contributed by atoms with van der Waals surface area (Å²) in [5.74, 6) is 0.480. The largest absolute Gasteiger partial charge is 0.307 e. The van der Waals surface area contributed by atoms with E-state index in [1.807, 2.05) is 19.1 Å². The first-order valence-electron chi connectivity index (χ1n) is 6.06. The maximum absolute atomic E-state index is 13.5. The normalized spacial score (nSPS) is 16.8. The molecule has 0 aliphatic heterocycles. The maximum Gasteiger partial charge on any atom is 0.127 e. The Morgan fingerprint density at radius 2 is 1.81 bits per heavy atom. The molecule has 1 aromatic carbocycles. The molecule has 0 amide bonds. The summed E-state index contributed by atoms with van der Waals surface area (Å²) in [5, 5.41) is 3.45. The SMILES string of the molecule is CCC(C)C(C)N[C@H](C)c1ccccc1F. The Hall–Kier alpha value is -0.890. The molecule has 90 valence electrons. The van der Waals surface area contributed by atoms with E-state index in [1.165, 1.54) is 6.07 Å². The Bertz CT molecular complexity index is 324. The van der Waals surface area contributed by atoms with Crippen LogP contribution in [0.1, 0.15) is 45.7 Å². The van der Waals surface area contributed by atoms with E-state index in [0.717, 1.165) is 12.0 Å². The van der Waals surface area contributed by atoms with Crippen LogP contribution in [0.25, 0.3) is 0 Å². The van der Waals surface area contributed by atoms with Gasteiger partial charge in [-0.1, -0.05) is 38.5 Å². The molecule has 2 heteroatoms. The standard InChI is InChI=1S/C14H22FN/c1-5-10(2)11(3)16-12(4)13-8-6-7-9-14(13)15/h6-12,16H,5H2,1-4H3/t10?,11?,12-/m1/s1. The average Bonchev–Trinajstić information content (AvgIpc) is 2.28. The molecular formula is C14H22FN. The highest BCUT2D eigenvalue weighted by Crippen LogP contribution is 2.18. The number of hydrogen-bond donors (Lipinski definition) is 1. The zero-order chi connectivity index (χ0) is 12.1. The number of rotatable bonds is 5. The summed E-state index contributed by atoms with van der Waals surface area (Å²) in [7, 11) is 0. The first-order chi connectivity index (χ1) is 7.56. The van der Waals surface area contributed by atoms with E-state index in [-0.39, 0.29) is 11.9 Å². The van der Waals surface area contributed by atoms with Gasteiger partial charge >= 0.3 is 0 Å². The van der Waals surface area contributed by atoms with Gasteiger partial charge in [0.1, 0.15) is 5.82 Å². The Kier molecular flexibility index (Phi) is 4.94. The van der Waals surface area contributed by atoms with E-state index in [4.69, 9.17) is 0 Å². The zero-order valence-corrected chi connectivity index (χ0v) is 10.6. The van der Waals surface area contributed by atoms with Crippen LogP contribution in [-0.4, -0.2) is 6.04 Å². The molecule has 1 aromatic rings. The van der Waals surface area contributed by atoms with Crippen molar-refractivity contribution in [1.29, 1.82) is 0 Å². The predicted octanol–water partition coefficient (Wildman–Crippen LogP) is 3.91. The molecule has 2 unspecified atom stereocenters. The summed E-state index contributed by atoms with van der Waals surface area (Å²) in [6, 6.07) is 7.43. The topological polar surface area (TPSA) is 12.0 Å². The van der Waals surface area contributed by atoms with E-state index in [1.54, 1.807) is 6.07 Å². The van der Waals surface area contributed by atoms with Crippen molar-refractivity contribution < 1.29 is 4.39 Å². The highest BCUT2D eigenvalue weighted by Gasteiger charge is 2.15. The van der Waals surface area contributed by atoms with Crippen LogP contribution in [0.3, 0.4) is 0 Å². The lowest BCUT2D eigenvalue weighted by Gasteiger charge is -2.25. The van der Waals surface area contributed by atoms with Gasteiger partial charge in [-0.2, -0.15) is 0 Å². The summed E-state index contributed by atoms with van der Waals surface area (Å²) in [6.45, 7) is 8.56. The molecule has 1 N–H and O–H groups in total. The molecule has 0 spiro atoms. The minimum Gasteiger partial charge on any atom is -0.307 e. The number of benzene rings is 1. The third-order valence-electron chi connectivity index (χ3n) is 3.38. The van der Waals surface area contributed by atoms with E-state index < -0.39 is 0 Å². The van der Waals surface area contributed by atoms with Gasteiger partial charge in [0.2, 0.25) is 0 Å². The maximum atomic E-state index is 13.5. The smallest absolute Gasteiger partial charge is 0.127 e. The van der Waals surface area contributed by atoms with Gasteiger partial charge in [0.15, 0.2) is 0 Å². The fourth-order valence-electron chi connectivity index (χ4n) is 1.83. The predicted molar refractivity (Wildman–Crippen MR) is 66.9 cm³/mol. The van der Waals surface area contributed by atoms with Crippen LogP contribution in [0, 0.1) is 11.7 Å². The van der Waals surface area contributed by atoms with Gasteiger partial charge in [0, 0.05) is 17.6 Å². The summed E-state index contributed by atoms with van der Waals surface area (Å²) in [5.41, 5.74) is 0.748. The first-order valence-corrected chi connectivity index (χ1v) is 6.06. The molecule has 0 saturated carbocycles. The van der Waals surface area contributed by atoms with Gasteiger partial charge < -0.3 is 5.32 Å². The van der Waals surface area contributed by atoms with Crippen molar-refractivity contribution in [2.75, 3.05) is 0 Å². The van der Waals surface area contributed by atoms with Crippen molar-refractivity contribution in [3.05, 3.63) is 35.6 Å². The summed E-state index contributed by atoms with van der Waals surface area (Å²) >= 11 is 0. The van der Waals surface area contributed by atoms with Gasteiger partial charge in [-0.25, -0.2) is 4.39 Å². The summed E-state index contributed by atoms with van der Waals surface area (Å²) in [6.07, 6.45) is 1.14. The van der Waals surface area contributed by atoms with Crippen LogP contribution in [0.15, 0.2) is 24.3 Å². The second kappa shape index (κ2) is 6.00. The summed E-state index contributed by atoms with van der Waals surface area (Å²) in [4.78, 5) is 0. The number of halogens is 1. The van der Waals surface area contributed by atoms with E-state index in [9.17, 15) is 4.39 Å². The van der Waals surface area contributed by atoms with Gasteiger partial charge in [-0.15, -0.1) is 0 Å². The van der Waals surface area contributed by atoms with Crippen molar-refractivity contribution in [2.24, 2.45) is 5.92 Å². The quantitative estimate of drug-likeness (QED) is 0.798. The third-order valence-corrected chi connectivity index (χ3v) is 3.38. The Morgan fingerprint density at radius 1 is 1.19 bits per heavy atom. The molecule has 16 heavy (non-hydrogen) atoms. The first kappa shape index (κ1) is 13.2. The van der Waals surface area contributed by atoms with E-state index in [0.29, 0.717) is 12.0 Å². The van der Waals surface area contributed by atoms with Crippen LogP contribution >= 0.6 is 0 Å². The van der Waals surface area contributed by atoms with Crippen LogP contribution < -0.4 is 5.32 Å². The minimum atomic E-state index is -0.126. The molecule has 1 nitrogen and oxygen atoms in total. The van der Waals surface area contributed by atoms with Crippen molar-refractivity contribution in [3.8, 4) is 0 Å². The van der Waals surface area contributed by atoms with Crippen molar-refractivity contribution in [3.63, 3.8) is 0 Å². The fourth-order valence-corrected chi connectivity index (χ4v) is 1.83. The molecule has 0 bridgehead atoms. The van der Waals surface area contributed by atoms with E-state index >= 15 is 0 Å². The Labute approximate surface area is 98.1 Å². The van der Waals surface area contributed by atoms with Crippen LogP contribution in [0.5, 0.6) is 0 Å². The van der Waals surface area contributed by atoms with Crippen molar-refractivity contribution in [1.82, 2.24) is 5.32 Å². The molecule has 0 aliphatic rings. The lowest BCUT2D eigenvalue weighted by atomic mass is 9.98. The molecule has 0 fully saturated rings. The summed E-state index contributed by atoms with van der Waals surface area (Å²) < 4.78 is 13.5. The highest BCUT2D eigenvalue weighted by molar-refractivity contribution is 5.20. The van der Waals surface area contributed by atoms with Gasteiger partial charge in [0.05, 0.1) is 0 Å². The second-order valence-corrected chi connectivity index (χ2v) is 4.58. The zero-order valence-electron chi connectivity index (χ0n) is 10.6. The Balaban J connectivity index is 2.65. The van der Waals surface area contributed by atoms with Crippen LogP contribution in [0.4, 0.5) is 4.39 Å². The van der Waals surface area contributed by atoms with E-state index in [2.05, 4.69) is 26.1 Å². The minimum absolute atomic E-state index is 0.0604. The average molecular weight is 223 g/mol.